The maximum absolute atomic E-state index is 4.98. The molecule has 0 unspecified atom stereocenters. The minimum atomic E-state index is 0.575. The molecular weight excluding hydrogens is 450 g/mol. The molecule has 0 aromatic carbocycles. The average molecular weight is 478 g/mol. The Balaban J connectivity index is 1.25. The van der Waals surface area contributed by atoms with Crippen molar-refractivity contribution in [3.63, 3.8) is 0 Å². The van der Waals surface area contributed by atoms with Crippen molar-refractivity contribution < 1.29 is 0 Å². The van der Waals surface area contributed by atoms with Gasteiger partial charge in [-0.1, -0.05) is 6.58 Å². The number of aromatic nitrogens is 7. The van der Waals surface area contributed by atoms with Gasteiger partial charge in [0, 0.05) is 35.9 Å². The van der Waals surface area contributed by atoms with Crippen LogP contribution in [0.3, 0.4) is 0 Å². The van der Waals surface area contributed by atoms with Crippen LogP contribution in [0.25, 0.3) is 44.7 Å². The predicted molar refractivity (Wildman–Crippen MR) is 142 cm³/mol. The van der Waals surface area contributed by atoms with E-state index in [0.717, 1.165) is 69.0 Å². The van der Waals surface area contributed by atoms with Crippen LogP contribution in [0.2, 0.25) is 0 Å². The van der Waals surface area contributed by atoms with Gasteiger partial charge in [-0.15, -0.1) is 0 Å². The smallest absolute Gasteiger partial charge is 0.159 e. The quantitative estimate of drug-likeness (QED) is 0.305. The first kappa shape index (κ1) is 21.0. The Morgan fingerprint density at radius 2 is 1.83 bits per heavy atom. The van der Waals surface area contributed by atoms with E-state index >= 15 is 0 Å². The lowest BCUT2D eigenvalue weighted by Crippen LogP contribution is -2.29. The molecule has 0 bridgehead atoms. The van der Waals surface area contributed by atoms with Gasteiger partial charge in [0.15, 0.2) is 5.82 Å². The summed E-state index contributed by atoms with van der Waals surface area (Å²) in [6, 6.07) is 4.11. The highest BCUT2D eigenvalue weighted by molar-refractivity contribution is 5.96. The van der Waals surface area contributed by atoms with E-state index in [-0.39, 0.29) is 0 Å². The van der Waals surface area contributed by atoms with Crippen LogP contribution in [0.15, 0.2) is 55.4 Å². The Kier molecular flexibility index (Phi) is 4.93. The zero-order valence-electron chi connectivity index (χ0n) is 20.0. The standard InChI is InChI=1S/C27H27N9/c1-16(17-5-6-17)31-19-9-18(11-28-12-19)21-10-20-22(14-30-21)34-35-25(20)27-32-23-13-29-15-24(26(23)33-27)36-7-3-2-4-8-36/h9-15,17,31H,1-8H2,(H,32,33)(H,34,35). The van der Waals surface area contributed by atoms with E-state index in [1.54, 1.807) is 0 Å². The molecule has 0 atom stereocenters. The van der Waals surface area contributed by atoms with E-state index in [9.17, 15) is 0 Å². The second-order valence-electron chi connectivity index (χ2n) is 9.76. The molecule has 36 heavy (non-hydrogen) atoms. The fraction of sp³-hybridized carbons (Fsp3) is 0.296. The zero-order valence-corrected chi connectivity index (χ0v) is 20.0. The largest absolute Gasteiger partial charge is 0.368 e. The molecule has 5 aromatic heterocycles. The van der Waals surface area contributed by atoms with Gasteiger partial charge >= 0.3 is 0 Å². The first-order chi connectivity index (χ1) is 17.7. The molecule has 2 fully saturated rings. The van der Waals surface area contributed by atoms with Crippen LogP contribution >= 0.6 is 0 Å². The topological polar surface area (TPSA) is 111 Å². The summed E-state index contributed by atoms with van der Waals surface area (Å²) < 4.78 is 0. The van der Waals surface area contributed by atoms with Crippen LogP contribution < -0.4 is 10.2 Å². The van der Waals surface area contributed by atoms with E-state index in [0.29, 0.717) is 11.7 Å². The molecule has 1 aliphatic carbocycles. The summed E-state index contributed by atoms with van der Waals surface area (Å²) in [4.78, 5) is 24.4. The summed E-state index contributed by atoms with van der Waals surface area (Å²) in [7, 11) is 0. The average Bonchev–Trinajstić information content (AvgIpc) is 3.55. The number of aromatic amines is 2. The Hall–Kier alpha value is -4.27. The third-order valence-electron chi connectivity index (χ3n) is 7.15. The maximum atomic E-state index is 4.98. The van der Waals surface area contributed by atoms with Crippen molar-refractivity contribution in [2.24, 2.45) is 5.92 Å². The molecule has 0 radical (unpaired) electrons. The summed E-state index contributed by atoms with van der Waals surface area (Å²) in [6.45, 7) is 6.24. The van der Waals surface area contributed by atoms with E-state index < -0.39 is 0 Å². The third-order valence-corrected chi connectivity index (χ3v) is 7.15. The summed E-state index contributed by atoms with van der Waals surface area (Å²) in [5, 5.41) is 12.0. The second kappa shape index (κ2) is 8.44. The van der Waals surface area contributed by atoms with Crippen molar-refractivity contribution in [1.29, 1.82) is 0 Å². The maximum Gasteiger partial charge on any atom is 0.159 e. The Morgan fingerprint density at radius 1 is 0.972 bits per heavy atom. The van der Waals surface area contributed by atoms with Crippen molar-refractivity contribution in [3.05, 3.63) is 55.4 Å². The highest BCUT2D eigenvalue weighted by Gasteiger charge is 2.25. The van der Waals surface area contributed by atoms with Gasteiger partial charge in [-0.05, 0) is 50.2 Å². The zero-order chi connectivity index (χ0) is 24.1. The van der Waals surface area contributed by atoms with Gasteiger partial charge in [-0.3, -0.25) is 20.1 Å². The van der Waals surface area contributed by atoms with Gasteiger partial charge in [0.05, 0.1) is 52.9 Å². The van der Waals surface area contributed by atoms with Crippen LogP contribution in [-0.2, 0) is 0 Å². The number of hydrogen-bond donors (Lipinski definition) is 3. The monoisotopic (exact) mass is 477 g/mol. The molecule has 6 heterocycles. The van der Waals surface area contributed by atoms with Crippen LogP contribution in [0.1, 0.15) is 32.1 Å². The lowest BCUT2D eigenvalue weighted by Gasteiger charge is -2.28. The van der Waals surface area contributed by atoms with Crippen molar-refractivity contribution in [1.82, 2.24) is 35.1 Å². The fourth-order valence-electron chi connectivity index (χ4n) is 5.02. The third kappa shape index (κ3) is 3.77. The molecule has 1 aliphatic heterocycles. The SMILES string of the molecule is C=C(Nc1cncc(-c2cc3c(-c4nc5c(N6CCCCC6)cncc5[nH]4)n[nH]c3cn2)c1)C1CC1. The Labute approximate surface area is 208 Å². The molecule has 1 saturated heterocycles. The first-order valence-electron chi connectivity index (χ1n) is 12.6. The number of allylic oxidation sites excluding steroid dienone is 1. The minimum absolute atomic E-state index is 0.575. The highest BCUT2D eigenvalue weighted by Crippen LogP contribution is 2.36. The van der Waals surface area contributed by atoms with Crippen molar-refractivity contribution >= 4 is 33.3 Å². The van der Waals surface area contributed by atoms with Gasteiger partial charge in [0.2, 0.25) is 0 Å². The van der Waals surface area contributed by atoms with Gasteiger partial charge in [0.1, 0.15) is 11.2 Å². The molecule has 7 rings (SSSR count). The number of nitrogens with zero attached hydrogens (tertiary/aromatic N) is 6. The van der Waals surface area contributed by atoms with Crippen LogP contribution in [0, 0.1) is 5.92 Å². The van der Waals surface area contributed by atoms with Gasteiger partial charge in [0.25, 0.3) is 0 Å². The molecule has 5 aromatic rings. The molecule has 0 spiro atoms. The lowest BCUT2D eigenvalue weighted by molar-refractivity contribution is 0.578. The number of nitrogens with one attached hydrogen (secondary N) is 3. The number of fused-ring (bicyclic) bond motifs is 2. The fourth-order valence-corrected chi connectivity index (χ4v) is 5.02. The Bertz CT molecular complexity index is 1590. The molecule has 180 valence electrons. The first-order valence-corrected chi connectivity index (χ1v) is 12.6. The molecule has 0 amide bonds. The van der Waals surface area contributed by atoms with E-state index in [1.165, 1.54) is 32.1 Å². The highest BCUT2D eigenvalue weighted by atomic mass is 15.2. The minimum Gasteiger partial charge on any atom is -0.368 e. The number of H-pyrrole nitrogens is 2. The number of anilines is 2. The van der Waals surface area contributed by atoms with Crippen LogP contribution in [0.5, 0.6) is 0 Å². The summed E-state index contributed by atoms with van der Waals surface area (Å²) in [6.07, 6.45) is 15.3. The van der Waals surface area contributed by atoms with Crippen LogP contribution in [-0.4, -0.2) is 48.2 Å². The van der Waals surface area contributed by atoms with E-state index in [2.05, 4.69) is 53.0 Å². The molecule has 9 nitrogen and oxygen atoms in total. The predicted octanol–water partition coefficient (Wildman–Crippen LogP) is 5.28. The normalized spacial score (nSPS) is 16.1. The van der Waals surface area contributed by atoms with Crippen molar-refractivity contribution in [2.45, 2.75) is 32.1 Å². The second-order valence-corrected chi connectivity index (χ2v) is 9.76. The van der Waals surface area contributed by atoms with Gasteiger partial charge in [-0.25, -0.2) is 4.98 Å². The lowest BCUT2D eigenvalue weighted by atomic mass is 10.1. The summed E-state index contributed by atoms with van der Waals surface area (Å²) in [5.41, 5.74) is 8.28. The molecule has 9 heteroatoms. The number of pyridine rings is 3. The Morgan fingerprint density at radius 3 is 2.69 bits per heavy atom. The van der Waals surface area contributed by atoms with Crippen molar-refractivity contribution in [2.75, 3.05) is 23.3 Å². The molecule has 1 saturated carbocycles. The number of piperidine rings is 1. The van der Waals surface area contributed by atoms with Gasteiger partial charge in [-0.2, -0.15) is 5.10 Å². The van der Waals surface area contributed by atoms with E-state index in [4.69, 9.17) is 4.98 Å². The molecule has 3 N–H and O–H groups in total. The summed E-state index contributed by atoms with van der Waals surface area (Å²) in [5.74, 6) is 1.29. The number of imidazole rings is 1. The van der Waals surface area contributed by atoms with Crippen LogP contribution in [0.4, 0.5) is 11.4 Å². The molecular formula is C27H27N9. The van der Waals surface area contributed by atoms with Crippen molar-refractivity contribution in [3.8, 4) is 22.8 Å². The summed E-state index contributed by atoms with van der Waals surface area (Å²) >= 11 is 0. The molecule has 2 aliphatic rings. The number of hydrogen-bond acceptors (Lipinski definition) is 7. The van der Waals surface area contributed by atoms with E-state index in [1.807, 2.05) is 37.1 Å². The van der Waals surface area contributed by atoms with Gasteiger partial charge < -0.3 is 15.2 Å². The number of rotatable bonds is 6.